The van der Waals surface area contributed by atoms with Gasteiger partial charge >= 0.3 is 11.9 Å². The molecule has 0 bridgehead atoms. The molecule has 2 atom stereocenters. The minimum Gasteiger partial charge on any atom is -0.481 e. The number of carbonyl (C=O) groups excluding carboxylic acids is 1. The van der Waals surface area contributed by atoms with E-state index < -0.39 is 29.5 Å². The summed E-state index contributed by atoms with van der Waals surface area (Å²) in [4.78, 5) is 23.3. The Labute approximate surface area is 125 Å². The molecule has 0 saturated heterocycles. The molecule has 0 amide bonds. The Kier molecular flexibility index (Phi) is 5.49. The number of carboxylic acids is 1. The van der Waals surface area contributed by atoms with Gasteiger partial charge in [-0.1, -0.05) is 29.8 Å². The van der Waals surface area contributed by atoms with Crippen molar-refractivity contribution < 1.29 is 19.4 Å². The highest BCUT2D eigenvalue weighted by Crippen LogP contribution is 2.16. The predicted octanol–water partition coefficient (Wildman–Crippen LogP) is 1.91. The van der Waals surface area contributed by atoms with Crippen LogP contribution in [0.1, 0.15) is 31.9 Å². The number of hydrogen-bond acceptors (Lipinski definition) is 4. The molecule has 0 aliphatic carbocycles. The van der Waals surface area contributed by atoms with Gasteiger partial charge in [0.1, 0.15) is 5.60 Å². The molecule has 5 nitrogen and oxygen atoms in total. The summed E-state index contributed by atoms with van der Waals surface area (Å²) in [5, 5.41) is 9.25. The van der Waals surface area contributed by atoms with Crippen LogP contribution in [0.25, 0.3) is 0 Å². The molecule has 1 rings (SSSR count). The molecule has 1 aromatic rings. The Hall–Kier alpha value is -1.88. The number of ether oxygens (including phenoxy) is 1. The molecule has 0 aliphatic heterocycles. The third-order valence-corrected chi connectivity index (χ3v) is 2.95. The molecule has 0 aromatic heterocycles. The largest absolute Gasteiger partial charge is 0.481 e. The Morgan fingerprint density at radius 1 is 1.24 bits per heavy atom. The minimum absolute atomic E-state index is 0.302. The van der Waals surface area contributed by atoms with E-state index in [2.05, 4.69) is 0 Å². The van der Waals surface area contributed by atoms with Gasteiger partial charge in [0.15, 0.2) is 5.92 Å². The number of aliphatic carboxylic acids is 1. The van der Waals surface area contributed by atoms with Gasteiger partial charge in [-0.15, -0.1) is 0 Å². The molecule has 5 heteroatoms. The lowest BCUT2D eigenvalue weighted by atomic mass is 9.93. The molecule has 116 valence electrons. The zero-order valence-electron chi connectivity index (χ0n) is 12.9. The molecule has 0 heterocycles. The topological polar surface area (TPSA) is 89.6 Å². The van der Waals surface area contributed by atoms with E-state index in [1.165, 1.54) is 0 Å². The lowest BCUT2D eigenvalue weighted by Crippen LogP contribution is -2.45. The standard InChI is InChI=1S/C16H23NO4/c1-10-5-7-11(8-6-10)9-12(17)13(14(18)19)15(20)21-16(2,3)4/h5-8,12-13H,9,17H2,1-4H3,(H,18,19)/t12-,13-/m1/s1. The number of carbonyl (C=O) groups is 2. The Balaban J connectivity index is 2.82. The lowest BCUT2D eigenvalue weighted by molar-refractivity contribution is -0.167. The number of nitrogens with two attached hydrogens (primary N) is 1. The molecule has 0 saturated carbocycles. The molecule has 0 fully saturated rings. The normalized spacial score (nSPS) is 14.3. The number of esters is 1. The van der Waals surface area contributed by atoms with Gasteiger partial charge in [-0.2, -0.15) is 0 Å². The highest BCUT2D eigenvalue weighted by Gasteiger charge is 2.36. The monoisotopic (exact) mass is 293 g/mol. The fraction of sp³-hybridized carbons (Fsp3) is 0.500. The van der Waals surface area contributed by atoms with Crippen LogP contribution < -0.4 is 5.73 Å². The summed E-state index contributed by atoms with van der Waals surface area (Å²) >= 11 is 0. The molecule has 1 aromatic carbocycles. The molecule has 3 N–H and O–H groups in total. The van der Waals surface area contributed by atoms with Crippen LogP contribution in [0.3, 0.4) is 0 Å². The third-order valence-electron chi connectivity index (χ3n) is 2.95. The molecule has 0 aliphatic rings. The van der Waals surface area contributed by atoms with E-state index in [0.717, 1.165) is 11.1 Å². The van der Waals surface area contributed by atoms with Crippen LogP contribution >= 0.6 is 0 Å². The fourth-order valence-corrected chi connectivity index (χ4v) is 1.94. The summed E-state index contributed by atoms with van der Waals surface area (Å²) in [6.45, 7) is 7.03. The number of aryl methyl sites for hydroxylation is 1. The van der Waals surface area contributed by atoms with Crippen LogP contribution in [0.4, 0.5) is 0 Å². The van der Waals surface area contributed by atoms with E-state index in [4.69, 9.17) is 10.5 Å². The smallest absolute Gasteiger partial charge is 0.322 e. The second kappa shape index (κ2) is 6.72. The van der Waals surface area contributed by atoms with E-state index in [0.29, 0.717) is 6.42 Å². The predicted molar refractivity (Wildman–Crippen MR) is 79.8 cm³/mol. The summed E-state index contributed by atoms with van der Waals surface area (Å²) in [6.07, 6.45) is 0.302. The first-order chi connectivity index (χ1) is 9.60. The SMILES string of the molecule is Cc1ccc(C[C@@H](N)[C@H](C(=O)O)C(=O)OC(C)(C)C)cc1. The van der Waals surface area contributed by atoms with E-state index >= 15 is 0 Å². The van der Waals surface area contributed by atoms with Gasteiger partial charge in [-0.05, 0) is 39.7 Å². The van der Waals surface area contributed by atoms with Crippen molar-refractivity contribution in [3.63, 3.8) is 0 Å². The first kappa shape index (κ1) is 17.2. The zero-order valence-corrected chi connectivity index (χ0v) is 12.9. The van der Waals surface area contributed by atoms with Crippen LogP contribution in [0.15, 0.2) is 24.3 Å². The van der Waals surface area contributed by atoms with Crippen LogP contribution in [0.2, 0.25) is 0 Å². The van der Waals surface area contributed by atoms with Crippen LogP contribution in [0, 0.1) is 12.8 Å². The quantitative estimate of drug-likeness (QED) is 0.639. The maximum absolute atomic E-state index is 12.0. The Morgan fingerprint density at radius 2 is 1.76 bits per heavy atom. The number of carboxylic acid groups (broad SMARTS) is 1. The Bertz CT molecular complexity index is 502. The molecular weight excluding hydrogens is 270 g/mol. The molecule has 0 unspecified atom stereocenters. The van der Waals surface area contributed by atoms with Crippen molar-refractivity contribution >= 4 is 11.9 Å². The number of rotatable bonds is 5. The maximum atomic E-state index is 12.0. The van der Waals surface area contributed by atoms with Crippen LogP contribution in [0.5, 0.6) is 0 Å². The second-order valence-corrected chi connectivity index (χ2v) is 6.20. The highest BCUT2D eigenvalue weighted by molar-refractivity contribution is 5.95. The van der Waals surface area contributed by atoms with Gasteiger partial charge in [0.2, 0.25) is 0 Å². The maximum Gasteiger partial charge on any atom is 0.322 e. The van der Waals surface area contributed by atoms with Crippen molar-refractivity contribution in [2.45, 2.75) is 45.8 Å². The van der Waals surface area contributed by atoms with Crippen molar-refractivity contribution in [2.24, 2.45) is 11.7 Å². The third kappa shape index (κ3) is 5.55. The first-order valence-corrected chi connectivity index (χ1v) is 6.87. The van der Waals surface area contributed by atoms with E-state index in [9.17, 15) is 14.7 Å². The zero-order chi connectivity index (χ0) is 16.2. The van der Waals surface area contributed by atoms with Gasteiger partial charge in [0.05, 0.1) is 0 Å². The van der Waals surface area contributed by atoms with E-state index in [-0.39, 0.29) is 0 Å². The van der Waals surface area contributed by atoms with Crippen LogP contribution in [-0.4, -0.2) is 28.7 Å². The molecule has 0 spiro atoms. The second-order valence-electron chi connectivity index (χ2n) is 6.20. The fourth-order valence-electron chi connectivity index (χ4n) is 1.94. The summed E-state index contributed by atoms with van der Waals surface area (Å²) in [6, 6.07) is 6.77. The summed E-state index contributed by atoms with van der Waals surface area (Å²) in [5.41, 5.74) is 7.18. The van der Waals surface area contributed by atoms with E-state index in [1.54, 1.807) is 20.8 Å². The van der Waals surface area contributed by atoms with Gasteiger partial charge in [-0.3, -0.25) is 9.59 Å². The molecule has 21 heavy (non-hydrogen) atoms. The van der Waals surface area contributed by atoms with Gasteiger partial charge in [0.25, 0.3) is 0 Å². The lowest BCUT2D eigenvalue weighted by Gasteiger charge is -2.25. The van der Waals surface area contributed by atoms with Crippen molar-refractivity contribution in [1.29, 1.82) is 0 Å². The Morgan fingerprint density at radius 3 is 2.19 bits per heavy atom. The average molecular weight is 293 g/mol. The summed E-state index contributed by atoms with van der Waals surface area (Å²) < 4.78 is 5.14. The van der Waals surface area contributed by atoms with Crippen molar-refractivity contribution in [3.05, 3.63) is 35.4 Å². The van der Waals surface area contributed by atoms with Gasteiger partial charge in [0, 0.05) is 6.04 Å². The summed E-state index contributed by atoms with van der Waals surface area (Å²) in [7, 11) is 0. The summed E-state index contributed by atoms with van der Waals surface area (Å²) in [5.74, 6) is -3.43. The van der Waals surface area contributed by atoms with Crippen molar-refractivity contribution in [1.82, 2.24) is 0 Å². The minimum atomic E-state index is -1.37. The van der Waals surface area contributed by atoms with Crippen LogP contribution in [-0.2, 0) is 20.7 Å². The molecule has 0 radical (unpaired) electrons. The van der Waals surface area contributed by atoms with Crippen molar-refractivity contribution in [2.75, 3.05) is 0 Å². The van der Waals surface area contributed by atoms with Gasteiger partial charge in [-0.25, -0.2) is 0 Å². The number of benzene rings is 1. The average Bonchev–Trinajstić information content (AvgIpc) is 2.29. The molecular formula is C16H23NO4. The van der Waals surface area contributed by atoms with Crippen molar-refractivity contribution in [3.8, 4) is 0 Å². The highest BCUT2D eigenvalue weighted by atomic mass is 16.6. The number of hydrogen-bond donors (Lipinski definition) is 2. The van der Waals surface area contributed by atoms with Gasteiger partial charge < -0.3 is 15.6 Å². The first-order valence-electron chi connectivity index (χ1n) is 6.87. The van der Waals surface area contributed by atoms with E-state index in [1.807, 2.05) is 31.2 Å².